The Labute approximate surface area is 136 Å². The standard InChI is InChI=1S/C18H21N3O2/c1-12(2)18(23)21-15-9-7-14(8-10-15)20-17-6-4-5-16(11-17)19-13(3)22/h4-12,20H,1-3H3,(H,19,22)(H,21,23). The molecule has 0 aliphatic carbocycles. The number of benzene rings is 2. The Bertz CT molecular complexity index is 694. The monoisotopic (exact) mass is 311 g/mol. The number of nitrogens with one attached hydrogen (secondary N) is 3. The molecule has 0 aliphatic rings. The first-order valence-electron chi connectivity index (χ1n) is 7.49. The number of amides is 2. The molecule has 0 bridgehead atoms. The van der Waals surface area contributed by atoms with Gasteiger partial charge in [-0.05, 0) is 42.5 Å². The molecule has 0 atom stereocenters. The third kappa shape index (κ3) is 5.14. The molecule has 23 heavy (non-hydrogen) atoms. The summed E-state index contributed by atoms with van der Waals surface area (Å²) in [5.74, 6) is -0.162. The lowest BCUT2D eigenvalue weighted by Crippen LogP contribution is -2.17. The zero-order valence-electron chi connectivity index (χ0n) is 13.5. The van der Waals surface area contributed by atoms with Crippen molar-refractivity contribution in [1.82, 2.24) is 0 Å². The molecular weight excluding hydrogens is 290 g/mol. The van der Waals surface area contributed by atoms with Crippen LogP contribution in [0.4, 0.5) is 22.7 Å². The molecule has 120 valence electrons. The van der Waals surface area contributed by atoms with Gasteiger partial charge in [-0.25, -0.2) is 0 Å². The summed E-state index contributed by atoms with van der Waals surface area (Å²) in [6.07, 6.45) is 0. The lowest BCUT2D eigenvalue weighted by atomic mass is 10.2. The topological polar surface area (TPSA) is 70.2 Å². The molecule has 5 nitrogen and oxygen atoms in total. The second-order valence-electron chi connectivity index (χ2n) is 5.61. The molecule has 2 amide bonds. The highest BCUT2D eigenvalue weighted by Gasteiger charge is 2.06. The first-order chi connectivity index (χ1) is 10.9. The van der Waals surface area contributed by atoms with Gasteiger partial charge in [-0.3, -0.25) is 9.59 Å². The van der Waals surface area contributed by atoms with Crippen molar-refractivity contribution in [3.05, 3.63) is 48.5 Å². The number of rotatable bonds is 5. The summed E-state index contributed by atoms with van der Waals surface area (Å²) >= 11 is 0. The number of carbonyl (C=O) groups is 2. The van der Waals surface area contributed by atoms with Gasteiger partial charge in [0.25, 0.3) is 0 Å². The van der Waals surface area contributed by atoms with Gasteiger partial charge in [0.15, 0.2) is 0 Å². The molecule has 0 aromatic heterocycles. The van der Waals surface area contributed by atoms with Crippen LogP contribution in [-0.2, 0) is 9.59 Å². The lowest BCUT2D eigenvalue weighted by molar-refractivity contribution is -0.119. The maximum absolute atomic E-state index is 11.7. The summed E-state index contributed by atoms with van der Waals surface area (Å²) in [7, 11) is 0. The molecule has 0 heterocycles. The zero-order valence-corrected chi connectivity index (χ0v) is 13.5. The fourth-order valence-corrected chi connectivity index (χ4v) is 1.97. The third-order valence-electron chi connectivity index (χ3n) is 3.15. The highest BCUT2D eigenvalue weighted by Crippen LogP contribution is 2.21. The van der Waals surface area contributed by atoms with E-state index < -0.39 is 0 Å². The van der Waals surface area contributed by atoms with Gasteiger partial charge in [-0.2, -0.15) is 0 Å². The van der Waals surface area contributed by atoms with Gasteiger partial charge < -0.3 is 16.0 Å². The molecule has 2 aromatic rings. The number of carbonyl (C=O) groups excluding carboxylic acids is 2. The van der Waals surface area contributed by atoms with Crippen molar-refractivity contribution in [1.29, 1.82) is 0 Å². The molecule has 5 heteroatoms. The average molecular weight is 311 g/mol. The molecule has 2 aromatic carbocycles. The normalized spacial score (nSPS) is 10.3. The summed E-state index contributed by atoms with van der Waals surface area (Å²) in [6.45, 7) is 5.19. The van der Waals surface area contributed by atoms with E-state index in [9.17, 15) is 9.59 Å². The smallest absolute Gasteiger partial charge is 0.226 e. The number of anilines is 4. The predicted molar refractivity (Wildman–Crippen MR) is 93.9 cm³/mol. The maximum Gasteiger partial charge on any atom is 0.226 e. The van der Waals surface area contributed by atoms with Gasteiger partial charge in [-0.1, -0.05) is 19.9 Å². The van der Waals surface area contributed by atoms with Gasteiger partial charge in [0.1, 0.15) is 0 Å². The Hall–Kier alpha value is -2.82. The summed E-state index contributed by atoms with van der Waals surface area (Å²) in [5, 5.41) is 8.85. The van der Waals surface area contributed by atoms with Crippen molar-refractivity contribution in [2.45, 2.75) is 20.8 Å². The third-order valence-corrected chi connectivity index (χ3v) is 3.15. The summed E-state index contributed by atoms with van der Waals surface area (Å²) in [6, 6.07) is 14.9. The highest BCUT2D eigenvalue weighted by molar-refractivity contribution is 5.92. The van der Waals surface area contributed by atoms with E-state index >= 15 is 0 Å². The molecule has 0 fully saturated rings. The van der Waals surface area contributed by atoms with E-state index in [0.29, 0.717) is 0 Å². The minimum atomic E-state index is -0.104. The molecule has 0 aliphatic heterocycles. The first kappa shape index (κ1) is 16.5. The molecule has 0 spiro atoms. The van der Waals surface area contributed by atoms with E-state index in [1.165, 1.54) is 6.92 Å². The molecular formula is C18H21N3O2. The van der Waals surface area contributed by atoms with Crippen LogP contribution in [0.25, 0.3) is 0 Å². The molecule has 2 rings (SSSR count). The van der Waals surface area contributed by atoms with E-state index in [0.717, 1.165) is 22.7 Å². The Morgan fingerprint density at radius 2 is 1.43 bits per heavy atom. The van der Waals surface area contributed by atoms with E-state index in [4.69, 9.17) is 0 Å². The van der Waals surface area contributed by atoms with Crippen molar-refractivity contribution in [3.63, 3.8) is 0 Å². The minimum absolute atomic E-state index is 0.00582. The van der Waals surface area contributed by atoms with Crippen LogP contribution in [0.5, 0.6) is 0 Å². The molecule has 0 radical (unpaired) electrons. The van der Waals surface area contributed by atoms with Crippen molar-refractivity contribution < 1.29 is 9.59 Å². The highest BCUT2D eigenvalue weighted by atomic mass is 16.2. The van der Waals surface area contributed by atoms with Gasteiger partial charge in [0.2, 0.25) is 11.8 Å². The molecule has 0 saturated carbocycles. The second kappa shape index (κ2) is 7.45. The molecule has 0 saturated heterocycles. The van der Waals surface area contributed by atoms with Crippen LogP contribution in [-0.4, -0.2) is 11.8 Å². The second-order valence-corrected chi connectivity index (χ2v) is 5.61. The lowest BCUT2D eigenvalue weighted by Gasteiger charge is -2.11. The Balaban J connectivity index is 2.03. The summed E-state index contributed by atoms with van der Waals surface area (Å²) < 4.78 is 0. The van der Waals surface area contributed by atoms with Crippen molar-refractivity contribution in [3.8, 4) is 0 Å². The Morgan fingerprint density at radius 1 is 0.826 bits per heavy atom. The van der Waals surface area contributed by atoms with Gasteiger partial charge in [0, 0.05) is 35.6 Å². The first-order valence-corrected chi connectivity index (χ1v) is 7.49. The fourth-order valence-electron chi connectivity index (χ4n) is 1.97. The number of hydrogen-bond acceptors (Lipinski definition) is 3. The van der Waals surface area contributed by atoms with Crippen LogP contribution in [0.1, 0.15) is 20.8 Å². The van der Waals surface area contributed by atoms with E-state index in [-0.39, 0.29) is 17.7 Å². The van der Waals surface area contributed by atoms with Crippen LogP contribution in [0.2, 0.25) is 0 Å². The summed E-state index contributed by atoms with van der Waals surface area (Å²) in [4.78, 5) is 22.7. The molecule has 0 unspecified atom stereocenters. The predicted octanol–water partition coefficient (Wildman–Crippen LogP) is 3.98. The van der Waals surface area contributed by atoms with E-state index in [2.05, 4.69) is 16.0 Å². The zero-order chi connectivity index (χ0) is 16.8. The van der Waals surface area contributed by atoms with Gasteiger partial charge in [-0.15, -0.1) is 0 Å². The van der Waals surface area contributed by atoms with Crippen LogP contribution in [0, 0.1) is 5.92 Å². The van der Waals surface area contributed by atoms with E-state index in [1.807, 2.05) is 62.4 Å². The Morgan fingerprint density at radius 3 is 2.04 bits per heavy atom. The Kier molecular flexibility index (Phi) is 5.36. The maximum atomic E-state index is 11.7. The van der Waals surface area contributed by atoms with Crippen LogP contribution < -0.4 is 16.0 Å². The van der Waals surface area contributed by atoms with Crippen LogP contribution in [0.15, 0.2) is 48.5 Å². The average Bonchev–Trinajstić information content (AvgIpc) is 2.49. The van der Waals surface area contributed by atoms with Crippen LogP contribution >= 0.6 is 0 Å². The van der Waals surface area contributed by atoms with Crippen molar-refractivity contribution >= 4 is 34.6 Å². The van der Waals surface area contributed by atoms with Crippen molar-refractivity contribution in [2.75, 3.05) is 16.0 Å². The summed E-state index contributed by atoms with van der Waals surface area (Å²) in [5.41, 5.74) is 3.27. The largest absolute Gasteiger partial charge is 0.355 e. The minimum Gasteiger partial charge on any atom is -0.355 e. The fraction of sp³-hybridized carbons (Fsp3) is 0.222. The SMILES string of the molecule is CC(=O)Nc1cccc(Nc2ccc(NC(=O)C(C)C)cc2)c1. The quantitative estimate of drug-likeness (QED) is 0.782. The van der Waals surface area contributed by atoms with E-state index in [1.54, 1.807) is 0 Å². The van der Waals surface area contributed by atoms with Gasteiger partial charge in [0.05, 0.1) is 0 Å². The number of hydrogen-bond donors (Lipinski definition) is 3. The van der Waals surface area contributed by atoms with Crippen LogP contribution in [0.3, 0.4) is 0 Å². The van der Waals surface area contributed by atoms with Crippen molar-refractivity contribution in [2.24, 2.45) is 5.92 Å². The molecule has 3 N–H and O–H groups in total. The van der Waals surface area contributed by atoms with Gasteiger partial charge >= 0.3 is 0 Å².